The van der Waals surface area contributed by atoms with Gasteiger partial charge in [-0.05, 0) is 31.2 Å². The number of alkyl halides is 3. The fourth-order valence-corrected chi connectivity index (χ4v) is 2.20. The van der Waals surface area contributed by atoms with E-state index in [1.807, 2.05) is 0 Å². The van der Waals surface area contributed by atoms with Crippen LogP contribution in [0.15, 0.2) is 28.7 Å². The van der Waals surface area contributed by atoms with Crippen molar-refractivity contribution < 1.29 is 13.2 Å². The van der Waals surface area contributed by atoms with Crippen LogP contribution in [0, 0.1) is 6.92 Å². The molecule has 0 aliphatic rings. The van der Waals surface area contributed by atoms with Gasteiger partial charge in [0.05, 0.1) is 5.56 Å². The summed E-state index contributed by atoms with van der Waals surface area (Å²) >= 11 is 8.78. The monoisotopic (exact) mass is 350 g/mol. The number of hydrogen-bond acceptors (Lipinski definition) is 2. The molecule has 0 bridgehead atoms. The van der Waals surface area contributed by atoms with Crippen molar-refractivity contribution in [2.75, 3.05) is 0 Å². The predicted octanol–water partition coefficient (Wildman–Crippen LogP) is 4.89. The van der Waals surface area contributed by atoms with Gasteiger partial charge in [0.1, 0.15) is 5.15 Å². The zero-order valence-corrected chi connectivity index (χ0v) is 11.9. The molecule has 19 heavy (non-hydrogen) atoms. The highest BCUT2D eigenvalue weighted by atomic mass is 79.9. The summed E-state index contributed by atoms with van der Waals surface area (Å²) in [5, 5.41) is 0.110. The highest BCUT2D eigenvalue weighted by Gasteiger charge is 2.34. The standard InChI is InChI=1S/C12H7BrClF3N2/c1-6-4-10(14)19-11(18-6)8-3-2-7(13)5-9(8)12(15,16)17/h2-5H,1H3. The maximum absolute atomic E-state index is 13.0. The van der Waals surface area contributed by atoms with E-state index in [0.717, 1.165) is 6.07 Å². The first-order chi connectivity index (χ1) is 8.77. The first-order valence-electron chi connectivity index (χ1n) is 5.15. The Morgan fingerprint density at radius 1 is 1.16 bits per heavy atom. The van der Waals surface area contributed by atoms with Crippen LogP contribution in [0.1, 0.15) is 11.3 Å². The zero-order chi connectivity index (χ0) is 14.2. The third-order valence-electron chi connectivity index (χ3n) is 2.35. The van der Waals surface area contributed by atoms with Gasteiger partial charge in [-0.3, -0.25) is 0 Å². The number of hydrogen-bond donors (Lipinski definition) is 0. The normalized spacial score (nSPS) is 11.7. The summed E-state index contributed by atoms with van der Waals surface area (Å²) < 4.78 is 39.4. The summed E-state index contributed by atoms with van der Waals surface area (Å²) in [5.41, 5.74) is -0.393. The summed E-state index contributed by atoms with van der Waals surface area (Å²) in [6, 6.07) is 5.30. The van der Waals surface area contributed by atoms with Crippen LogP contribution in [0.5, 0.6) is 0 Å². The van der Waals surface area contributed by atoms with Crippen LogP contribution in [0.2, 0.25) is 5.15 Å². The molecule has 1 aromatic carbocycles. The molecule has 7 heteroatoms. The van der Waals surface area contributed by atoms with Crippen LogP contribution in [-0.4, -0.2) is 9.97 Å². The molecule has 0 atom stereocenters. The molecule has 100 valence electrons. The van der Waals surface area contributed by atoms with Crippen molar-refractivity contribution in [1.82, 2.24) is 9.97 Å². The van der Waals surface area contributed by atoms with E-state index in [2.05, 4.69) is 25.9 Å². The second-order valence-corrected chi connectivity index (χ2v) is 5.15. The molecule has 2 nitrogen and oxygen atoms in total. The molecule has 0 radical (unpaired) electrons. The first-order valence-corrected chi connectivity index (χ1v) is 6.33. The van der Waals surface area contributed by atoms with Crippen molar-refractivity contribution in [3.8, 4) is 11.4 Å². The van der Waals surface area contributed by atoms with Gasteiger partial charge in [-0.15, -0.1) is 0 Å². The Hall–Kier alpha value is -1.14. The van der Waals surface area contributed by atoms with E-state index in [-0.39, 0.29) is 16.5 Å². The molecule has 0 spiro atoms. The van der Waals surface area contributed by atoms with Gasteiger partial charge in [0.25, 0.3) is 0 Å². The topological polar surface area (TPSA) is 25.8 Å². The molecule has 0 N–H and O–H groups in total. The van der Waals surface area contributed by atoms with Crippen molar-refractivity contribution in [2.24, 2.45) is 0 Å². The lowest BCUT2D eigenvalue weighted by molar-refractivity contribution is -0.137. The summed E-state index contributed by atoms with van der Waals surface area (Å²) in [4.78, 5) is 7.84. The average molecular weight is 352 g/mol. The van der Waals surface area contributed by atoms with Gasteiger partial charge in [0, 0.05) is 15.7 Å². The number of rotatable bonds is 1. The van der Waals surface area contributed by atoms with E-state index in [1.54, 1.807) is 6.92 Å². The third kappa shape index (κ3) is 3.25. The molecular weight excluding hydrogens is 344 g/mol. The lowest BCUT2D eigenvalue weighted by Gasteiger charge is -2.12. The number of nitrogens with zero attached hydrogens (tertiary/aromatic N) is 2. The molecule has 0 aliphatic carbocycles. The van der Waals surface area contributed by atoms with Crippen molar-refractivity contribution in [1.29, 1.82) is 0 Å². The maximum Gasteiger partial charge on any atom is 0.417 e. The van der Waals surface area contributed by atoms with E-state index < -0.39 is 11.7 Å². The molecule has 0 aliphatic heterocycles. The van der Waals surface area contributed by atoms with E-state index in [1.165, 1.54) is 18.2 Å². The van der Waals surface area contributed by atoms with Gasteiger partial charge in [0.15, 0.2) is 5.82 Å². The quantitative estimate of drug-likeness (QED) is 0.684. The molecule has 0 saturated heterocycles. The van der Waals surface area contributed by atoms with Crippen LogP contribution < -0.4 is 0 Å². The van der Waals surface area contributed by atoms with Crippen molar-refractivity contribution in [3.63, 3.8) is 0 Å². The Kier molecular flexibility index (Phi) is 3.82. The largest absolute Gasteiger partial charge is 0.417 e. The van der Waals surface area contributed by atoms with E-state index in [9.17, 15) is 13.2 Å². The molecule has 0 saturated carbocycles. The second-order valence-electron chi connectivity index (χ2n) is 3.84. The van der Waals surface area contributed by atoms with Crippen LogP contribution in [0.4, 0.5) is 13.2 Å². The van der Waals surface area contributed by atoms with Crippen molar-refractivity contribution >= 4 is 27.5 Å². The first kappa shape index (κ1) is 14.3. The van der Waals surface area contributed by atoms with Gasteiger partial charge >= 0.3 is 6.18 Å². The molecule has 1 aromatic heterocycles. The summed E-state index contributed by atoms with van der Waals surface area (Å²) in [6.45, 7) is 1.64. The summed E-state index contributed by atoms with van der Waals surface area (Å²) in [7, 11) is 0. The van der Waals surface area contributed by atoms with Crippen LogP contribution in [0.3, 0.4) is 0 Å². The van der Waals surface area contributed by atoms with Gasteiger partial charge in [-0.25, -0.2) is 9.97 Å². The van der Waals surface area contributed by atoms with E-state index in [4.69, 9.17) is 11.6 Å². The minimum absolute atomic E-state index is 0.0372. The van der Waals surface area contributed by atoms with Crippen molar-refractivity contribution in [2.45, 2.75) is 13.1 Å². The number of aromatic nitrogens is 2. The number of benzene rings is 1. The van der Waals surface area contributed by atoms with Gasteiger partial charge in [0.2, 0.25) is 0 Å². The third-order valence-corrected chi connectivity index (χ3v) is 3.04. The minimum atomic E-state index is -4.49. The smallest absolute Gasteiger partial charge is 0.233 e. The van der Waals surface area contributed by atoms with Crippen LogP contribution in [0.25, 0.3) is 11.4 Å². The van der Waals surface area contributed by atoms with Crippen LogP contribution in [-0.2, 0) is 6.18 Å². The Labute approximate surface area is 120 Å². The molecule has 0 amide bonds. The number of halogens is 5. The van der Waals surface area contributed by atoms with Crippen LogP contribution >= 0.6 is 27.5 Å². The maximum atomic E-state index is 13.0. The molecule has 2 rings (SSSR count). The molecular formula is C12H7BrClF3N2. The fourth-order valence-electron chi connectivity index (χ4n) is 1.60. The highest BCUT2D eigenvalue weighted by molar-refractivity contribution is 9.10. The summed E-state index contributed by atoms with van der Waals surface area (Å²) in [5.74, 6) is -0.0372. The summed E-state index contributed by atoms with van der Waals surface area (Å²) in [6.07, 6.45) is -4.49. The molecule has 1 heterocycles. The van der Waals surface area contributed by atoms with Gasteiger partial charge in [-0.2, -0.15) is 13.2 Å². The van der Waals surface area contributed by atoms with Gasteiger partial charge < -0.3 is 0 Å². The Morgan fingerprint density at radius 2 is 1.84 bits per heavy atom. The van der Waals surface area contributed by atoms with Gasteiger partial charge in [-0.1, -0.05) is 27.5 Å². The average Bonchev–Trinajstić information content (AvgIpc) is 2.26. The Morgan fingerprint density at radius 3 is 2.42 bits per heavy atom. The highest BCUT2D eigenvalue weighted by Crippen LogP contribution is 2.37. The second kappa shape index (κ2) is 5.09. The molecule has 0 fully saturated rings. The Bertz CT molecular complexity index is 609. The lowest BCUT2D eigenvalue weighted by Crippen LogP contribution is -2.08. The van der Waals surface area contributed by atoms with E-state index in [0.29, 0.717) is 10.2 Å². The lowest BCUT2D eigenvalue weighted by atomic mass is 10.1. The minimum Gasteiger partial charge on any atom is -0.233 e. The van der Waals surface area contributed by atoms with E-state index >= 15 is 0 Å². The molecule has 0 unspecified atom stereocenters. The van der Waals surface area contributed by atoms with Crippen molar-refractivity contribution in [3.05, 3.63) is 45.1 Å². The Balaban J connectivity index is 2.68. The number of aryl methyl sites for hydroxylation is 1. The molecule has 2 aromatic rings. The predicted molar refractivity (Wildman–Crippen MR) is 69.9 cm³/mol. The zero-order valence-electron chi connectivity index (χ0n) is 9.59. The fraction of sp³-hybridized carbons (Fsp3) is 0.167. The SMILES string of the molecule is Cc1cc(Cl)nc(-c2ccc(Br)cc2C(F)(F)F)n1.